The number of amides is 2. The van der Waals surface area contributed by atoms with Crippen molar-refractivity contribution < 1.29 is 4.79 Å². The molecule has 2 amide bonds. The van der Waals surface area contributed by atoms with Crippen molar-refractivity contribution in [2.45, 2.75) is 45.1 Å². The van der Waals surface area contributed by atoms with Gasteiger partial charge in [-0.3, -0.25) is 0 Å². The van der Waals surface area contributed by atoms with Crippen LogP contribution >= 0.6 is 0 Å². The van der Waals surface area contributed by atoms with Crippen molar-refractivity contribution in [1.82, 2.24) is 4.90 Å². The van der Waals surface area contributed by atoms with Crippen LogP contribution < -0.4 is 5.73 Å². The fourth-order valence-electron chi connectivity index (χ4n) is 2.20. The summed E-state index contributed by atoms with van der Waals surface area (Å²) < 4.78 is 0. The van der Waals surface area contributed by atoms with Gasteiger partial charge in [0.25, 0.3) is 0 Å². The molecule has 1 rings (SSSR count). The largest absolute Gasteiger partial charge is 0.351 e. The van der Waals surface area contributed by atoms with E-state index in [2.05, 4.69) is 13.0 Å². The molecule has 4 nitrogen and oxygen atoms in total. The van der Waals surface area contributed by atoms with E-state index in [1.54, 1.807) is 4.90 Å². The smallest absolute Gasteiger partial charge is 0.315 e. The maximum atomic E-state index is 11.2. The van der Waals surface area contributed by atoms with Gasteiger partial charge in [0.2, 0.25) is 0 Å². The van der Waals surface area contributed by atoms with Crippen LogP contribution in [0.2, 0.25) is 0 Å². The van der Waals surface area contributed by atoms with Gasteiger partial charge in [-0.1, -0.05) is 6.92 Å². The van der Waals surface area contributed by atoms with E-state index in [1.807, 2.05) is 0 Å². The van der Waals surface area contributed by atoms with E-state index in [0.717, 1.165) is 31.6 Å². The fraction of sp³-hybridized carbons (Fsp3) is 0.818. The van der Waals surface area contributed by atoms with Gasteiger partial charge in [0, 0.05) is 12.6 Å². The minimum Gasteiger partial charge on any atom is -0.351 e. The molecule has 4 heteroatoms. The van der Waals surface area contributed by atoms with Crippen LogP contribution in [0.5, 0.6) is 0 Å². The lowest BCUT2D eigenvalue weighted by Gasteiger charge is -2.34. The number of nitriles is 1. The summed E-state index contributed by atoms with van der Waals surface area (Å²) in [4.78, 5) is 12.9. The van der Waals surface area contributed by atoms with E-state index in [4.69, 9.17) is 11.0 Å². The highest BCUT2D eigenvalue weighted by Gasteiger charge is 2.25. The van der Waals surface area contributed by atoms with Gasteiger partial charge in [-0.05, 0) is 31.6 Å². The summed E-state index contributed by atoms with van der Waals surface area (Å²) >= 11 is 0. The van der Waals surface area contributed by atoms with Crippen LogP contribution in [-0.2, 0) is 0 Å². The summed E-state index contributed by atoms with van der Waals surface area (Å²) in [7, 11) is 0. The van der Waals surface area contributed by atoms with E-state index < -0.39 is 0 Å². The van der Waals surface area contributed by atoms with Crippen molar-refractivity contribution in [2.75, 3.05) is 6.54 Å². The SMILES string of the molecule is C[C@H]1CC[C@H](N(CCC#N)C(N)=O)CC1. The molecule has 0 aliphatic heterocycles. The molecule has 1 aliphatic rings. The fourth-order valence-corrected chi connectivity index (χ4v) is 2.20. The molecule has 2 N–H and O–H groups in total. The molecule has 15 heavy (non-hydrogen) atoms. The van der Waals surface area contributed by atoms with Gasteiger partial charge in [0.05, 0.1) is 12.5 Å². The number of rotatable bonds is 3. The van der Waals surface area contributed by atoms with Crippen molar-refractivity contribution in [2.24, 2.45) is 11.7 Å². The molecular weight excluding hydrogens is 190 g/mol. The molecule has 0 unspecified atom stereocenters. The van der Waals surface area contributed by atoms with E-state index in [1.165, 1.54) is 0 Å². The van der Waals surface area contributed by atoms with E-state index >= 15 is 0 Å². The normalized spacial score (nSPS) is 25.6. The summed E-state index contributed by atoms with van der Waals surface area (Å²) in [5, 5.41) is 8.51. The van der Waals surface area contributed by atoms with Crippen LogP contribution in [0, 0.1) is 17.2 Å². The standard InChI is InChI=1S/C11H19N3O/c1-9-3-5-10(6-4-9)14(11(13)15)8-2-7-12/h9-10H,2-6,8H2,1H3,(H2,13,15)/t9-,10-. The molecular formula is C11H19N3O. The van der Waals surface area contributed by atoms with Gasteiger partial charge in [-0.15, -0.1) is 0 Å². The Morgan fingerprint density at radius 2 is 2.07 bits per heavy atom. The lowest BCUT2D eigenvalue weighted by molar-refractivity contribution is 0.154. The molecule has 0 aromatic heterocycles. The number of urea groups is 1. The van der Waals surface area contributed by atoms with E-state index in [9.17, 15) is 4.79 Å². The monoisotopic (exact) mass is 209 g/mol. The highest BCUT2D eigenvalue weighted by Crippen LogP contribution is 2.27. The molecule has 84 valence electrons. The Bertz CT molecular complexity index is 251. The number of hydrogen-bond donors (Lipinski definition) is 1. The quantitative estimate of drug-likeness (QED) is 0.770. The molecule has 0 spiro atoms. The predicted octanol–water partition coefficient (Wildman–Crippen LogP) is 1.86. The summed E-state index contributed by atoms with van der Waals surface area (Å²) in [5.41, 5.74) is 5.32. The second-order valence-electron chi connectivity index (χ2n) is 4.35. The minimum atomic E-state index is -0.384. The Hall–Kier alpha value is -1.24. The van der Waals surface area contributed by atoms with Gasteiger partial charge in [-0.2, -0.15) is 5.26 Å². The van der Waals surface area contributed by atoms with Gasteiger partial charge in [-0.25, -0.2) is 4.79 Å². The Morgan fingerprint density at radius 1 is 1.47 bits per heavy atom. The third kappa shape index (κ3) is 3.43. The van der Waals surface area contributed by atoms with Gasteiger partial charge < -0.3 is 10.6 Å². The summed E-state index contributed by atoms with van der Waals surface area (Å²) in [5.74, 6) is 0.756. The zero-order valence-electron chi connectivity index (χ0n) is 9.28. The number of hydrogen-bond acceptors (Lipinski definition) is 2. The lowest BCUT2D eigenvalue weighted by Crippen LogP contribution is -2.45. The molecule has 0 heterocycles. The van der Waals surface area contributed by atoms with Crippen LogP contribution in [0.1, 0.15) is 39.0 Å². The van der Waals surface area contributed by atoms with Crippen molar-refractivity contribution in [3.63, 3.8) is 0 Å². The second-order valence-corrected chi connectivity index (χ2v) is 4.35. The first-order chi connectivity index (χ1) is 7.15. The Labute approximate surface area is 91.0 Å². The Balaban J connectivity index is 2.49. The summed E-state index contributed by atoms with van der Waals surface area (Å²) in [6, 6.07) is 1.92. The average molecular weight is 209 g/mol. The molecule has 1 aliphatic carbocycles. The first-order valence-electron chi connectivity index (χ1n) is 5.58. The maximum absolute atomic E-state index is 11.2. The zero-order valence-corrected chi connectivity index (χ0v) is 9.28. The predicted molar refractivity (Wildman–Crippen MR) is 57.9 cm³/mol. The lowest BCUT2D eigenvalue weighted by atomic mass is 9.86. The molecule has 0 atom stereocenters. The second kappa shape index (κ2) is 5.59. The summed E-state index contributed by atoms with van der Waals surface area (Å²) in [6.07, 6.45) is 4.72. The molecule has 0 saturated heterocycles. The van der Waals surface area contributed by atoms with Crippen LogP contribution in [0.3, 0.4) is 0 Å². The highest BCUT2D eigenvalue weighted by atomic mass is 16.2. The van der Waals surface area contributed by atoms with Crippen molar-refractivity contribution in [3.8, 4) is 6.07 Å². The number of carbonyl (C=O) groups excluding carboxylic acids is 1. The topological polar surface area (TPSA) is 70.1 Å². The molecule has 0 radical (unpaired) electrons. The first-order valence-corrected chi connectivity index (χ1v) is 5.58. The number of carbonyl (C=O) groups is 1. The van der Waals surface area contributed by atoms with Crippen LogP contribution in [-0.4, -0.2) is 23.5 Å². The highest BCUT2D eigenvalue weighted by molar-refractivity contribution is 5.72. The Kier molecular flexibility index (Phi) is 4.41. The number of nitrogens with zero attached hydrogens (tertiary/aromatic N) is 2. The third-order valence-electron chi connectivity index (χ3n) is 3.17. The van der Waals surface area contributed by atoms with Crippen LogP contribution in [0.4, 0.5) is 4.79 Å². The van der Waals surface area contributed by atoms with Crippen molar-refractivity contribution >= 4 is 6.03 Å². The van der Waals surface area contributed by atoms with Gasteiger partial charge in [0.1, 0.15) is 0 Å². The van der Waals surface area contributed by atoms with Gasteiger partial charge in [0.15, 0.2) is 0 Å². The van der Waals surface area contributed by atoms with Gasteiger partial charge >= 0.3 is 6.03 Å². The number of primary amides is 1. The minimum absolute atomic E-state index is 0.257. The molecule has 0 aromatic rings. The van der Waals surface area contributed by atoms with Crippen LogP contribution in [0.15, 0.2) is 0 Å². The summed E-state index contributed by atoms with van der Waals surface area (Å²) in [6.45, 7) is 2.71. The molecule has 1 saturated carbocycles. The maximum Gasteiger partial charge on any atom is 0.315 e. The van der Waals surface area contributed by atoms with Crippen LogP contribution in [0.25, 0.3) is 0 Å². The zero-order chi connectivity index (χ0) is 11.3. The van der Waals surface area contributed by atoms with Crippen molar-refractivity contribution in [3.05, 3.63) is 0 Å². The molecule has 0 bridgehead atoms. The average Bonchev–Trinajstić information content (AvgIpc) is 2.21. The first kappa shape index (κ1) is 11.8. The molecule has 1 fully saturated rings. The third-order valence-corrected chi connectivity index (χ3v) is 3.17. The Morgan fingerprint density at radius 3 is 2.53 bits per heavy atom. The van der Waals surface area contributed by atoms with Crippen molar-refractivity contribution in [1.29, 1.82) is 5.26 Å². The van der Waals surface area contributed by atoms with E-state index in [-0.39, 0.29) is 12.1 Å². The molecule has 0 aromatic carbocycles. The van der Waals surface area contributed by atoms with E-state index in [0.29, 0.717) is 13.0 Å². The number of nitrogens with two attached hydrogens (primary N) is 1.